The zero-order valence-corrected chi connectivity index (χ0v) is 10.1. The lowest BCUT2D eigenvalue weighted by Gasteiger charge is -2.05. The summed E-state index contributed by atoms with van der Waals surface area (Å²) in [7, 11) is 0. The first-order chi connectivity index (χ1) is 7.09. The van der Waals surface area contributed by atoms with Crippen LogP contribution in [0.1, 0.15) is 25.1 Å². The minimum atomic E-state index is 0.233. The molecule has 0 bridgehead atoms. The van der Waals surface area contributed by atoms with Crippen molar-refractivity contribution in [3.63, 3.8) is 0 Å². The fraction of sp³-hybridized carbons (Fsp3) is 0.583. The lowest BCUT2D eigenvalue weighted by atomic mass is 10.1. The maximum absolute atomic E-state index is 11.6. The quantitative estimate of drug-likeness (QED) is 0.834. The molecule has 0 saturated heterocycles. The van der Waals surface area contributed by atoms with Crippen molar-refractivity contribution < 1.29 is 4.79 Å². The number of rotatable bonds is 4. The zero-order chi connectivity index (χ0) is 10.9. The minimum Gasteiger partial charge on any atom is -0.355 e. The standard InChI is InChI=1S/C12H17NOS/c1-12(2)8-10(12)11(14)13-6-5-9-4-3-7-15-9/h3-4,7,10H,5-6,8H2,1-2H3,(H,13,14). The highest BCUT2D eigenvalue weighted by atomic mass is 32.1. The third-order valence-corrected chi connectivity index (χ3v) is 4.02. The number of carbonyl (C=O) groups excluding carboxylic acids is 1. The first-order valence-electron chi connectivity index (χ1n) is 5.40. The largest absolute Gasteiger partial charge is 0.355 e. The van der Waals surface area contributed by atoms with Gasteiger partial charge in [0.05, 0.1) is 0 Å². The van der Waals surface area contributed by atoms with Crippen LogP contribution in [0.4, 0.5) is 0 Å². The molecule has 2 rings (SSSR count). The molecular formula is C12H17NOS. The number of hydrogen-bond acceptors (Lipinski definition) is 2. The van der Waals surface area contributed by atoms with Gasteiger partial charge in [0.1, 0.15) is 0 Å². The summed E-state index contributed by atoms with van der Waals surface area (Å²) in [5.74, 6) is 0.484. The van der Waals surface area contributed by atoms with Crippen molar-refractivity contribution in [3.8, 4) is 0 Å². The molecule has 1 amide bonds. The Labute approximate surface area is 94.7 Å². The van der Waals surface area contributed by atoms with Gasteiger partial charge in [-0.25, -0.2) is 0 Å². The van der Waals surface area contributed by atoms with E-state index in [4.69, 9.17) is 0 Å². The molecule has 1 aromatic rings. The average molecular weight is 223 g/mol. The lowest BCUT2D eigenvalue weighted by molar-refractivity contribution is -0.122. The Balaban J connectivity index is 1.69. The SMILES string of the molecule is CC1(C)CC1C(=O)NCCc1cccs1. The molecule has 2 nitrogen and oxygen atoms in total. The van der Waals surface area contributed by atoms with Gasteiger partial charge in [-0.15, -0.1) is 11.3 Å². The van der Waals surface area contributed by atoms with Crippen molar-refractivity contribution in [2.75, 3.05) is 6.54 Å². The van der Waals surface area contributed by atoms with Gasteiger partial charge in [-0.05, 0) is 29.7 Å². The molecule has 1 aromatic heterocycles. The zero-order valence-electron chi connectivity index (χ0n) is 9.25. The van der Waals surface area contributed by atoms with Gasteiger partial charge in [-0.3, -0.25) is 4.79 Å². The molecule has 15 heavy (non-hydrogen) atoms. The van der Waals surface area contributed by atoms with E-state index in [9.17, 15) is 4.79 Å². The smallest absolute Gasteiger partial charge is 0.223 e. The fourth-order valence-corrected chi connectivity index (χ4v) is 2.51. The molecule has 1 saturated carbocycles. The number of nitrogens with one attached hydrogen (secondary N) is 1. The van der Waals surface area contributed by atoms with Crippen LogP contribution in [0.25, 0.3) is 0 Å². The van der Waals surface area contributed by atoms with Gasteiger partial charge >= 0.3 is 0 Å². The molecule has 1 N–H and O–H groups in total. The highest BCUT2D eigenvalue weighted by molar-refractivity contribution is 7.09. The van der Waals surface area contributed by atoms with Crippen molar-refractivity contribution >= 4 is 17.2 Å². The second kappa shape index (κ2) is 3.97. The second-order valence-electron chi connectivity index (χ2n) is 4.87. The van der Waals surface area contributed by atoms with Crippen LogP contribution in [0.15, 0.2) is 17.5 Å². The summed E-state index contributed by atoms with van der Waals surface area (Å²) >= 11 is 1.75. The average Bonchev–Trinajstić information content (AvgIpc) is 2.65. The maximum Gasteiger partial charge on any atom is 0.223 e. The van der Waals surface area contributed by atoms with E-state index in [1.807, 2.05) is 6.07 Å². The Bertz CT molecular complexity index is 343. The van der Waals surface area contributed by atoms with Crippen LogP contribution >= 0.6 is 11.3 Å². The van der Waals surface area contributed by atoms with Crippen LogP contribution in [0, 0.1) is 11.3 Å². The molecule has 3 heteroatoms. The Hall–Kier alpha value is -0.830. The monoisotopic (exact) mass is 223 g/mol. The normalized spacial score (nSPS) is 22.4. The van der Waals surface area contributed by atoms with E-state index in [2.05, 4.69) is 30.6 Å². The van der Waals surface area contributed by atoms with E-state index in [-0.39, 0.29) is 17.2 Å². The summed E-state index contributed by atoms with van der Waals surface area (Å²) < 4.78 is 0. The van der Waals surface area contributed by atoms with Crippen molar-refractivity contribution in [1.29, 1.82) is 0 Å². The summed E-state index contributed by atoms with van der Waals surface area (Å²) in [5.41, 5.74) is 0.243. The molecule has 1 aliphatic rings. The Kier molecular flexibility index (Phi) is 2.83. The van der Waals surface area contributed by atoms with E-state index < -0.39 is 0 Å². The Morgan fingerprint density at radius 3 is 2.93 bits per heavy atom. The first-order valence-corrected chi connectivity index (χ1v) is 6.28. The van der Waals surface area contributed by atoms with Crippen LogP contribution in [-0.4, -0.2) is 12.5 Å². The highest BCUT2D eigenvalue weighted by Gasteiger charge is 2.50. The molecule has 1 aliphatic carbocycles. The Morgan fingerprint density at radius 1 is 1.67 bits per heavy atom. The molecule has 1 atom stereocenters. The second-order valence-corrected chi connectivity index (χ2v) is 5.90. The number of amides is 1. The van der Waals surface area contributed by atoms with Gasteiger partial charge in [0.15, 0.2) is 0 Å². The molecule has 0 aliphatic heterocycles. The third kappa shape index (κ3) is 2.59. The van der Waals surface area contributed by atoms with E-state index >= 15 is 0 Å². The summed E-state index contributed by atoms with van der Waals surface area (Å²) in [4.78, 5) is 13.0. The fourth-order valence-electron chi connectivity index (χ4n) is 1.80. The van der Waals surface area contributed by atoms with Gasteiger partial charge < -0.3 is 5.32 Å². The van der Waals surface area contributed by atoms with E-state index in [0.717, 1.165) is 19.4 Å². The predicted molar refractivity (Wildman–Crippen MR) is 62.9 cm³/mol. The van der Waals surface area contributed by atoms with Gasteiger partial charge in [-0.1, -0.05) is 19.9 Å². The predicted octanol–water partition coefficient (Wildman–Crippen LogP) is 2.45. The molecule has 0 aromatic carbocycles. The molecular weight excluding hydrogens is 206 g/mol. The summed E-state index contributed by atoms with van der Waals surface area (Å²) in [6, 6.07) is 4.16. The van der Waals surface area contributed by atoms with E-state index in [0.29, 0.717) is 0 Å². The molecule has 1 heterocycles. The van der Waals surface area contributed by atoms with Crippen LogP contribution in [0.3, 0.4) is 0 Å². The van der Waals surface area contributed by atoms with Gasteiger partial charge in [0.2, 0.25) is 5.91 Å². The van der Waals surface area contributed by atoms with Gasteiger partial charge in [0, 0.05) is 17.3 Å². The molecule has 0 spiro atoms. The van der Waals surface area contributed by atoms with Crippen LogP contribution in [-0.2, 0) is 11.2 Å². The lowest BCUT2D eigenvalue weighted by Crippen LogP contribution is -2.28. The summed E-state index contributed by atoms with van der Waals surface area (Å²) in [6.07, 6.45) is 1.99. The van der Waals surface area contributed by atoms with Crippen LogP contribution < -0.4 is 5.32 Å². The van der Waals surface area contributed by atoms with Crippen molar-refractivity contribution in [2.45, 2.75) is 26.7 Å². The van der Waals surface area contributed by atoms with E-state index in [1.165, 1.54) is 4.88 Å². The first kappa shape index (κ1) is 10.7. The number of thiophene rings is 1. The van der Waals surface area contributed by atoms with Crippen LogP contribution in [0.2, 0.25) is 0 Å². The third-order valence-electron chi connectivity index (χ3n) is 3.08. The number of hydrogen-bond donors (Lipinski definition) is 1. The van der Waals surface area contributed by atoms with Crippen molar-refractivity contribution in [2.24, 2.45) is 11.3 Å². The van der Waals surface area contributed by atoms with Crippen LogP contribution in [0.5, 0.6) is 0 Å². The van der Waals surface area contributed by atoms with Crippen molar-refractivity contribution in [1.82, 2.24) is 5.32 Å². The van der Waals surface area contributed by atoms with Crippen molar-refractivity contribution in [3.05, 3.63) is 22.4 Å². The molecule has 0 radical (unpaired) electrons. The topological polar surface area (TPSA) is 29.1 Å². The summed E-state index contributed by atoms with van der Waals surface area (Å²) in [6.45, 7) is 5.07. The van der Waals surface area contributed by atoms with Gasteiger partial charge in [0.25, 0.3) is 0 Å². The Morgan fingerprint density at radius 2 is 2.40 bits per heavy atom. The minimum absolute atomic E-state index is 0.233. The molecule has 1 fully saturated rings. The molecule has 1 unspecified atom stereocenters. The maximum atomic E-state index is 11.6. The van der Waals surface area contributed by atoms with E-state index in [1.54, 1.807) is 11.3 Å². The summed E-state index contributed by atoms with van der Waals surface area (Å²) in [5, 5.41) is 5.08. The molecule has 82 valence electrons. The highest BCUT2D eigenvalue weighted by Crippen LogP contribution is 2.51. The van der Waals surface area contributed by atoms with Gasteiger partial charge in [-0.2, -0.15) is 0 Å². The number of carbonyl (C=O) groups is 1.